The lowest BCUT2D eigenvalue weighted by Gasteiger charge is -2.06. The minimum atomic E-state index is -1.75. The number of carbonyl (C=O) groups excluding carboxylic acids is 1. The number of aromatic nitrogens is 1. The van der Waals surface area contributed by atoms with E-state index in [9.17, 15) is 28.0 Å². The first-order valence-corrected chi connectivity index (χ1v) is 8.18. The van der Waals surface area contributed by atoms with Gasteiger partial charge in [-0.15, -0.1) is 0 Å². The topological polar surface area (TPSA) is 95.1 Å². The van der Waals surface area contributed by atoms with Crippen LogP contribution >= 0.6 is 0 Å². The molecule has 0 radical (unpaired) electrons. The Hall–Kier alpha value is -4.06. The van der Waals surface area contributed by atoms with Crippen LogP contribution in [0.2, 0.25) is 0 Å². The van der Waals surface area contributed by atoms with Gasteiger partial charge in [-0.3, -0.25) is 9.59 Å². The Balaban J connectivity index is 1.98. The van der Waals surface area contributed by atoms with Crippen LogP contribution in [0.5, 0.6) is 0 Å². The van der Waals surface area contributed by atoms with Crippen LogP contribution in [-0.2, 0) is 16.1 Å². The molecule has 0 bridgehead atoms. The monoisotopic (exact) mass is 399 g/mol. The van der Waals surface area contributed by atoms with Gasteiger partial charge in [0.15, 0.2) is 17.5 Å². The van der Waals surface area contributed by atoms with E-state index in [0.29, 0.717) is 22.5 Å². The molecule has 0 saturated heterocycles. The number of benzene rings is 2. The summed E-state index contributed by atoms with van der Waals surface area (Å²) in [7, 11) is 0. The molecule has 2 N–H and O–H groups in total. The third-order valence-corrected chi connectivity index (χ3v) is 4.07. The molecule has 29 heavy (non-hydrogen) atoms. The van der Waals surface area contributed by atoms with E-state index < -0.39 is 40.6 Å². The predicted octanol–water partition coefficient (Wildman–Crippen LogP) is 3.69. The Labute approximate surface area is 162 Å². The van der Waals surface area contributed by atoms with E-state index in [-0.39, 0.29) is 6.54 Å². The summed E-state index contributed by atoms with van der Waals surface area (Å²) >= 11 is 0. The van der Waals surface area contributed by atoms with Crippen LogP contribution < -0.4 is 5.32 Å². The standard InChI is InChI=1S/C20H12F3N3O3/c21-14-5-6-15(19(23)18(14)22)25-20(29)11(8-24)7-12-9-26(10-17(27)28)16-4-2-1-3-13(12)16/h1-7,9H,10H2,(H,25,29)(H,27,28)/b11-7+. The molecular weight excluding hydrogens is 387 g/mol. The van der Waals surface area contributed by atoms with Crippen molar-refractivity contribution in [2.75, 3.05) is 5.32 Å². The second kappa shape index (κ2) is 7.90. The van der Waals surface area contributed by atoms with Gasteiger partial charge >= 0.3 is 5.97 Å². The molecule has 2 aromatic carbocycles. The fourth-order valence-electron chi connectivity index (χ4n) is 2.78. The molecule has 0 saturated carbocycles. The molecule has 1 heterocycles. The van der Waals surface area contributed by atoms with Crippen LogP contribution in [-0.4, -0.2) is 21.6 Å². The highest BCUT2D eigenvalue weighted by molar-refractivity contribution is 6.10. The number of nitrogens with one attached hydrogen (secondary N) is 1. The van der Waals surface area contributed by atoms with E-state index in [1.165, 1.54) is 16.8 Å². The summed E-state index contributed by atoms with van der Waals surface area (Å²) in [5.41, 5.74) is -0.0967. The molecule has 0 atom stereocenters. The second-order valence-electron chi connectivity index (χ2n) is 5.97. The first-order chi connectivity index (χ1) is 13.8. The molecule has 1 amide bonds. The lowest BCUT2D eigenvalue weighted by atomic mass is 10.1. The SMILES string of the molecule is N#C/C(=C\c1cn(CC(=O)O)c2ccccc12)C(=O)Nc1ccc(F)c(F)c1F. The number of amides is 1. The third-order valence-electron chi connectivity index (χ3n) is 4.07. The fourth-order valence-corrected chi connectivity index (χ4v) is 2.78. The highest BCUT2D eigenvalue weighted by Gasteiger charge is 2.18. The number of rotatable bonds is 5. The van der Waals surface area contributed by atoms with Crippen molar-refractivity contribution in [1.82, 2.24) is 4.57 Å². The van der Waals surface area contributed by atoms with E-state index >= 15 is 0 Å². The molecule has 0 fully saturated rings. The van der Waals surface area contributed by atoms with Crippen LogP contribution in [0.1, 0.15) is 5.56 Å². The van der Waals surface area contributed by atoms with Crippen LogP contribution in [0.15, 0.2) is 48.2 Å². The Morgan fingerprint density at radius 3 is 2.55 bits per heavy atom. The summed E-state index contributed by atoms with van der Waals surface area (Å²) < 4.78 is 41.5. The molecule has 0 aliphatic carbocycles. The highest BCUT2D eigenvalue weighted by atomic mass is 19.2. The van der Waals surface area contributed by atoms with Crippen molar-refractivity contribution in [3.8, 4) is 6.07 Å². The molecule has 6 nitrogen and oxygen atoms in total. The summed E-state index contributed by atoms with van der Waals surface area (Å²) in [5.74, 6) is -6.86. The number of carbonyl (C=O) groups is 2. The molecule has 1 aromatic heterocycles. The predicted molar refractivity (Wildman–Crippen MR) is 98.1 cm³/mol. The summed E-state index contributed by atoms with van der Waals surface area (Å²) in [6, 6.07) is 9.91. The summed E-state index contributed by atoms with van der Waals surface area (Å²) in [6.07, 6.45) is 2.66. The average molecular weight is 399 g/mol. The van der Waals surface area contributed by atoms with Crippen molar-refractivity contribution < 1.29 is 27.9 Å². The Morgan fingerprint density at radius 2 is 1.86 bits per heavy atom. The number of nitriles is 1. The normalized spacial score (nSPS) is 11.3. The number of para-hydroxylation sites is 1. The fraction of sp³-hybridized carbons (Fsp3) is 0.0500. The van der Waals surface area contributed by atoms with Gasteiger partial charge in [0, 0.05) is 22.7 Å². The number of fused-ring (bicyclic) bond motifs is 1. The molecular formula is C20H12F3N3O3. The number of aliphatic carboxylic acids is 1. The van der Waals surface area contributed by atoms with Gasteiger partial charge in [0.05, 0.1) is 5.69 Å². The van der Waals surface area contributed by atoms with Crippen molar-refractivity contribution in [1.29, 1.82) is 5.26 Å². The quantitative estimate of drug-likeness (QED) is 0.389. The third kappa shape index (κ3) is 3.96. The van der Waals surface area contributed by atoms with Crippen molar-refractivity contribution >= 4 is 34.5 Å². The molecule has 0 unspecified atom stereocenters. The summed E-state index contributed by atoms with van der Waals surface area (Å²) in [5, 5.41) is 21.0. The van der Waals surface area contributed by atoms with E-state index in [2.05, 4.69) is 0 Å². The summed E-state index contributed by atoms with van der Waals surface area (Å²) in [6.45, 7) is -0.331. The molecule has 3 rings (SSSR count). The Morgan fingerprint density at radius 1 is 1.14 bits per heavy atom. The molecule has 0 aliphatic heterocycles. The van der Waals surface area contributed by atoms with Crippen LogP contribution in [0.25, 0.3) is 17.0 Å². The van der Waals surface area contributed by atoms with Gasteiger partial charge < -0.3 is 15.0 Å². The zero-order valence-electron chi connectivity index (χ0n) is 14.6. The number of nitrogens with zero attached hydrogens (tertiary/aromatic N) is 2. The molecule has 3 aromatic rings. The van der Waals surface area contributed by atoms with Gasteiger partial charge in [-0.25, -0.2) is 13.2 Å². The zero-order chi connectivity index (χ0) is 21.1. The van der Waals surface area contributed by atoms with Gasteiger partial charge in [-0.2, -0.15) is 5.26 Å². The number of carboxylic acids is 1. The number of halogens is 3. The van der Waals surface area contributed by atoms with E-state index in [1.807, 2.05) is 5.32 Å². The number of carboxylic acid groups (broad SMARTS) is 1. The number of hydrogen-bond donors (Lipinski definition) is 2. The van der Waals surface area contributed by atoms with E-state index in [0.717, 1.165) is 6.07 Å². The average Bonchev–Trinajstić information content (AvgIpc) is 3.03. The maximum atomic E-state index is 13.8. The van der Waals surface area contributed by atoms with E-state index in [1.54, 1.807) is 30.3 Å². The number of hydrogen-bond acceptors (Lipinski definition) is 3. The highest BCUT2D eigenvalue weighted by Crippen LogP contribution is 2.25. The summed E-state index contributed by atoms with van der Waals surface area (Å²) in [4.78, 5) is 23.4. The second-order valence-corrected chi connectivity index (χ2v) is 5.97. The minimum Gasteiger partial charge on any atom is -0.480 e. The maximum absolute atomic E-state index is 13.8. The molecule has 0 aliphatic rings. The minimum absolute atomic E-state index is 0.331. The van der Waals surface area contributed by atoms with Crippen LogP contribution in [0.3, 0.4) is 0 Å². The molecule has 9 heteroatoms. The Bertz CT molecular complexity index is 1210. The van der Waals surface area contributed by atoms with Gasteiger partial charge in [-0.05, 0) is 24.3 Å². The van der Waals surface area contributed by atoms with Gasteiger partial charge in [0.2, 0.25) is 0 Å². The van der Waals surface area contributed by atoms with Crippen molar-refractivity contribution in [2.45, 2.75) is 6.54 Å². The van der Waals surface area contributed by atoms with Crippen LogP contribution in [0.4, 0.5) is 18.9 Å². The van der Waals surface area contributed by atoms with E-state index in [4.69, 9.17) is 5.11 Å². The van der Waals surface area contributed by atoms with Gasteiger partial charge in [0.1, 0.15) is 18.2 Å². The smallest absolute Gasteiger partial charge is 0.323 e. The number of anilines is 1. The Kier molecular flexibility index (Phi) is 5.36. The van der Waals surface area contributed by atoms with Crippen molar-refractivity contribution in [3.05, 3.63) is 71.2 Å². The largest absolute Gasteiger partial charge is 0.480 e. The lowest BCUT2D eigenvalue weighted by molar-refractivity contribution is -0.137. The molecule has 146 valence electrons. The van der Waals surface area contributed by atoms with Gasteiger partial charge in [-0.1, -0.05) is 18.2 Å². The first kappa shape index (κ1) is 19.7. The van der Waals surface area contributed by atoms with Crippen LogP contribution in [0, 0.1) is 28.8 Å². The molecule has 0 spiro atoms. The maximum Gasteiger partial charge on any atom is 0.323 e. The van der Waals surface area contributed by atoms with Crippen molar-refractivity contribution in [3.63, 3.8) is 0 Å². The van der Waals surface area contributed by atoms with Crippen molar-refractivity contribution in [2.24, 2.45) is 0 Å². The zero-order valence-corrected chi connectivity index (χ0v) is 14.6. The lowest BCUT2D eigenvalue weighted by Crippen LogP contribution is -2.15. The first-order valence-electron chi connectivity index (χ1n) is 8.18. The van der Waals surface area contributed by atoms with Gasteiger partial charge in [0.25, 0.3) is 5.91 Å².